The van der Waals surface area contributed by atoms with Gasteiger partial charge in [0, 0.05) is 23.9 Å². The zero-order valence-corrected chi connectivity index (χ0v) is 21.1. The van der Waals surface area contributed by atoms with E-state index in [9.17, 15) is 10.1 Å². The molecule has 0 atom stereocenters. The normalized spacial score (nSPS) is 11.1. The van der Waals surface area contributed by atoms with Crippen LogP contribution in [0.4, 0.5) is 11.4 Å². The van der Waals surface area contributed by atoms with Crippen LogP contribution < -0.4 is 14.2 Å². The summed E-state index contributed by atoms with van der Waals surface area (Å²) in [5, 5.41) is 12.1. The Morgan fingerprint density at radius 3 is 2.03 bits per heavy atom. The number of aliphatic imine (C=N–C) groups is 1. The number of aromatic nitrogens is 1. The summed E-state index contributed by atoms with van der Waals surface area (Å²) in [4.78, 5) is 19.0. The molecule has 5 aromatic rings. The van der Waals surface area contributed by atoms with Gasteiger partial charge < -0.3 is 19.2 Å². The zero-order valence-electron chi connectivity index (χ0n) is 21.1. The number of rotatable bonds is 8. The van der Waals surface area contributed by atoms with Crippen LogP contribution in [-0.4, -0.2) is 37.5 Å². The van der Waals surface area contributed by atoms with Crippen LogP contribution >= 0.6 is 0 Å². The molecule has 0 radical (unpaired) electrons. The molecule has 0 spiro atoms. The SMILES string of the molecule is COc1c(OC)c(OC)c2c(-c3ccccc3)c(-c3ccccc3)[nH]c2c1C=Nc1cccc([N+](=O)[O-])c1. The first-order chi connectivity index (χ1) is 18.6. The van der Waals surface area contributed by atoms with E-state index in [1.54, 1.807) is 39.7 Å². The molecule has 1 N–H and O–H groups in total. The molecular formula is C30H25N3O5. The Morgan fingerprint density at radius 2 is 1.42 bits per heavy atom. The third-order valence-corrected chi connectivity index (χ3v) is 6.27. The Bertz CT molecular complexity index is 1640. The van der Waals surface area contributed by atoms with Crippen molar-refractivity contribution in [1.29, 1.82) is 0 Å². The number of nitrogens with zero attached hydrogens (tertiary/aromatic N) is 2. The molecule has 0 aliphatic carbocycles. The first kappa shape index (κ1) is 24.6. The summed E-state index contributed by atoms with van der Waals surface area (Å²) >= 11 is 0. The number of hydrogen-bond donors (Lipinski definition) is 1. The third kappa shape index (κ3) is 4.32. The number of fused-ring (bicyclic) bond motifs is 1. The van der Waals surface area contributed by atoms with E-state index in [1.807, 2.05) is 60.7 Å². The molecule has 1 heterocycles. The lowest BCUT2D eigenvalue weighted by Crippen LogP contribution is -2.00. The minimum absolute atomic E-state index is 0.0401. The number of methoxy groups -OCH3 is 3. The molecule has 0 saturated heterocycles. The second-order valence-electron chi connectivity index (χ2n) is 8.41. The molecule has 0 amide bonds. The Kier molecular flexibility index (Phi) is 6.78. The van der Waals surface area contributed by atoms with E-state index in [2.05, 4.69) is 9.98 Å². The zero-order chi connectivity index (χ0) is 26.6. The maximum atomic E-state index is 11.3. The molecule has 0 saturated carbocycles. The summed E-state index contributed by atoms with van der Waals surface area (Å²) < 4.78 is 17.5. The Labute approximate surface area is 219 Å². The van der Waals surface area contributed by atoms with Crippen LogP contribution in [-0.2, 0) is 0 Å². The van der Waals surface area contributed by atoms with Gasteiger partial charge in [-0.2, -0.15) is 0 Å². The maximum absolute atomic E-state index is 11.3. The van der Waals surface area contributed by atoms with Crippen LogP contribution in [0.15, 0.2) is 89.9 Å². The van der Waals surface area contributed by atoms with Crippen molar-refractivity contribution in [3.63, 3.8) is 0 Å². The van der Waals surface area contributed by atoms with Crippen molar-refractivity contribution in [3.8, 4) is 39.6 Å². The van der Waals surface area contributed by atoms with E-state index in [1.165, 1.54) is 12.1 Å². The molecule has 0 aliphatic rings. The van der Waals surface area contributed by atoms with Gasteiger partial charge in [0.15, 0.2) is 11.5 Å². The summed E-state index contributed by atoms with van der Waals surface area (Å²) in [6.45, 7) is 0. The molecule has 0 unspecified atom stereocenters. The molecule has 8 nitrogen and oxygen atoms in total. The van der Waals surface area contributed by atoms with Gasteiger partial charge in [-0.15, -0.1) is 0 Å². The van der Waals surface area contributed by atoms with Crippen LogP contribution in [0.5, 0.6) is 17.2 Å². The number of nitro groups is 1. The van der Waals surface area contributed by atoms with Crippen molar-refractivity contribution < 1.29 is 19.1 Å². The highest BCUT2D eigenvalue weighted by molar-refractivity contribution is 6.15. The summed E-state index contributed by atoms with van der Waals surface area (Å²) in [5.74, 6) is 1.36. The third-order valence-electron chi connectivity index (χ3n) is 6.27. The number of non-ortho nitro benzene ring substituents is 1. The van der Waals surface area contributed by atoms with E-state index < -0.39 is 4.92 Å². The van der Waals surface area contributed by atoms with Crippen LogP contribution in [0.2, 0.25) is 0 Å². The molecule has 0 bridgehead atoms. The van der Waals surface area contributed by atoms with Crippen molar-refractivity contribution in [1.82, 2.24) is 4.98 Å². The van der Waals surface area contributed by atoms with Crippen LogP contribution in [0.3, 0.4) is 0 Å². The van der Waals surface area contributed by atoms with Crippen molar-refractivity contribution in [2.24, 2.45) is 4.99 Å². The van der Waals surface area contributed by atoms with Crippen molar-refractivity contribution in [2.45, 2.75) is 0 Å². The summed E-state index contributed by atoms with van der Waals surface area (Å²) in [6.07, 6.45) is 1.63. The van der Waals surface area contributed by atoms with Gasteiger partial charge in [-0.25, -0.2) is 0 Å². The molecule has 4 aromatic carbocycles. The van der Waals surface area contributed by atoms with Crippen molar-refractivity contribution >= 4 is 28.5 Å². The Morgan fingerprint density at radius 1 is 0.789 bits per heavy atom. The number of ether oxygens (including phenoxy) is 3. The monoisotopic (exact) mass is 507 g/mol. The lowest BCUT2D eigenvalue weighted by atomic mass is 9.96. The fourth-order valence-electron chi connectivity index (χ4n) is 4.63. The number of benzene rings is 4. The Balaban J connectivity index is 1.87. The van der Waals surface area contributed by atoms with Gasteiger partial charge in [-0.05, 0) is 17.2 Å². The van der Waals surface area contributed by atoms with E-state index in [-0.39, 0.29) is 5.69 Å². The molecular weight excluding hydrogens is 482 g/mol. The molecule has 5 rings (SSSR count). The van der Waals surface area contributed by atoms with Gasteiger partial charge in [-0.3, -0.25) is 15.1 Å². The standard InChI is InChI=1S/C30H25N3O5/c1-36-28-23(18-31-21-15-10-16-22(17-21)33(34)35)27-25(29(37-2)30(28)38-3)24(19-11-6-4-7-12-19)26(32-27)20-13-8-5-9-14-20/h4-18,32H,1-3H3. The molecule has 8 heteroatoms. The topological polar surface area (TPSA) is 99.0 Å². The first-order valence-electron chi connectivity index (χ1n) is 11.8. The minimum Gasteiger partial charge on any atom is -0.492 e. The van der Waals surface area contributed by atoms with E-state index in [4.69, 9.17) is 14.2 Å². The molecule has 0 aliphatic heterocycles. The van der Waals surface area contributed by atoms with Crippen LogP contribution in [0, 0.1) is 10.1 Å². The van der Waals surface area contributed by atoms with E-state index in [0.29, 0.717) is 28.5 Å². The summed E-state index contributed by atoms with van der Waals surface area (Å²) in [6, 6.07) is 26.2. The van der Waals surface area contributed by atoms with Gasteiger partial charge in [-0.1, -0.05) is 66.7 Å². The van der Waals surface area contributed by atoms with Gasteiger partial charge in [0.2, 0.25) is 5.75 Å². The molecule has 0 fully saturated rings. The van der Waals surface area contributed by atoms with Gasteiger partial charge in [0.1, 0.15) is 0 Å². The number of nitro benzene ring substituents is 1. The lowest BCUT2D eigenvalue weighted by molar-refractivity contribution is -0.384. The average molecular weight is 508 g/mol. The predicted molar refractivity (Wildman–Crippen MR) is 149 cm³/mol. The number of nitrogens with one attached hydrogen (secondary N) is 1. The first-order valence-corrected chi connectivity index (χ1v) is 11.8. The smallest absolute Gasteiger partial charge is 0.271 e. The van der Waals surface area contributed by atoms with Crippen molar-refractivity contribution in [3.05, 3.63) is 101 Å². The fraction of sp³-hybridized carbons (Fsp3) is 0.100. The number of aromatic amines is 1. The highest BCUT2D eigenvalue weighted by Crippen LogP contribution is 2.51. The van der Waals surface area contributed by atoms with Gasteiger partial charge in [0.25, 0.3) is 5.69 Å². The molecule has 38 heavy (non-hydrogen) atoms. The molecule has 1 aromatic heterocycles. The van der Waals surface area contributed by atoms with E-state index in [0.717, 1.165) is 33.3 Å². The predicted octanol–water partition coefficient (Wildman–Crippen LogP) is 7.19. The maximum Gasteiger partial charge on any atom is 0.271 e. The second-order valence-corrected chi connectivity index (χ2v) is 8.41. The van der Waals surface area contributed by atoms with E-state index >= 15 is 0 Å². The number of hydrogen-bond acceptors (Lipinski definition) is 6. The lowest BCUT2D eigenvalue weighted by Gasteiger charge is -2.17. The Hall–Kier alpha value is -5.11. The van der Waals surface area contributed by atoms with Gasteiger partial charge in [0.05, 0.1) is 54.1 Å². The van der Waals surface area contributed by atoms with Crippen LogP contribution in [0.25, 0.3) is 33.3 Å². The largest absolute Gasteiger partial charge is 0.492 e. The number of H-pyrrole nitrogens is 1. The highest BCUT2D eigenvalue weighted by Gasteiger charge is 2.28. The minimum atomic E-state index is -0.447. The van der Waals surface area contributed by atoms with Crippen molar-refractivity contribution in [2.75, 3.05) is 21.3 Å². The summed E-state index contributed by atoms with van der Waals surface area (Å²) in [5.41, 5.74) is 5.55. The van der Waals surface area contributed by atoms with Crippen LogP contribution in [0.1, 0.15) is 5.56 Å². The fourth-order valence-corrected chi connectivity index (χ4v) is 4.63. The summed E-state index contributed by atoms with van der Waals surface area (Å²) in [7, 11) is 4.70. The quantitative estimate of drug-likeness (QED) is 0.136. The van der Waals surface area contributed by atoms with Gasteiger partial charge >= 0.3 is 0 Å². The molecule has 190 valence electrons. The second kappa shape index (κ2) is 10.5. The highest BCUT2D eigenvalue weighted by atomic mass is 16.6. The average Bonchev–Trinajstić information content (AvgIpc) is 3.36.